The van der Waals surface area contributed by atoms with E-state index in [-0.39, 0.29) is 18.7 Å². The monoisotopic (exact) mass is 579 g/mol. The van der Waals surface area contributed by atoms with Gasteiger partial charge in [0.25, 0.3) is 11.5 Å². The Morgan fingerprint density at radius 2 is 1.88 bits per heavy atom. The van der Waals surface area contributed by atoms with E-state index in [0.717, 1.165) is 28.9 Å². The number of nitrogens with zero attached hydrogens (tertiary/aromatic N) is 5. The van der Waals surface area contributed by atoms with E-state index in [4.69, 9.17) is 11.6 Å². The van der Waals surface area contributed by atoms with E-state index in [2.05, 4.69) is 75.8 Å². The van der Waals surface area contributed by atoms with Gasteiger partial charge in [0.15, 0.2) is 0 Å². The molecular formula is C32H30ClN7O2. The van der Waals surface area contributed by atoms with Gasteiger partial charge in [-0.25, -0.2) is 9.97 Å². The Hall–Kier alpha value is -4.91. The number of anilines is 1. The average Bonchev–Trinajstić information content (AvgIpc) is 2.98. The lowest BCUT2D eigenvalue weighted by Crippen LogP contribution is -2.33. The van der Waals surface area contributed by atoms with E-state index in [1.54, 1.807) is 30.6 Å². The maximum absolute atomic E-state index is 12.8. The summed E-state index contributed by atoms with van der Waals surface area (Å²) in [5, 5.41) is 5.08. The van der Waals surface area contributed by atoms with Crippen LogP contribution in [0.3, 0.4) is 0 Å². The molecule has 0 saturated heterocycles. The first-order chi connectivity index (χ1) is 20.3. The Balaban J connectivity index is 1.15. The maximum atomic E-state index is 12.8. The lowest BCUT2D eigenvalue weighted by atomic mass is 10.1. The van der Waals surface area contributed by atoms with Crippen molar-refractivity contribution in [1.29, 1.82) is 0 Å². The van der Waals surface area contributed by atoms with Gasteiger partial charge in [-0.3, -0.25) is 20.0 Å². The van der Waals surface area contributed by atoms with E-state index < -0.39 is 11.5 Å². The van der Waals surface area contributed by atoms with Gasteiger partial charge in [0.2, 0.25) is 0 Å². The summed E-state index contributed by atoms with van der Waals surface area (Å²) in [6.45, 7) is 1.91. The third kappa shape index (κ3) is 7.43. The van der Waals surface area contributed by atoms with Crippen molar-refractivity contribution in [3.8, 4) is 11.8 Å². The molecule has 4 aromatic rings. The highest BCUT2D eigenvalue weighted by molar-refractivity contribution is 6.29. The van der Waals surface area contributed by atoms with Crippen LogP contribution in [-0.2, 0) is 19.6 Å². The molecule has 1 amide bonds. The Morgan fingerprint density at radius 1 is 1.07 bits per heavy atom. The predicted octanol–water partition coefficient (Wildman–Crippen LogP) is 4.00. The van der Waals surface area contributed by atoms with Crippen LogP contribution in [0.15, 0.2) is 84.2 Å². The van der Waals surface area contributed by atoms with E-state index in [1.807, 2.05) is 29.5 Å². The molecule has 0 fully saturated rings. The van der Waals surface area contributed by atoms with Crippen molar-refractivity contribution in [3.63, 3.8) is 0 Å². The second-order valence-electron chi connectivity index (χ2n) is 10.1. The Morgan fingerprint density at radius 3 is 2.64 bits per heavy atom. The molecule has 2 N–H and O–H groups in total. The summed E-state index contributed by atoms with van der Waals surface area (Å²) in [6, 6.07) is 16.9. The zero-order valence-electron chi connectivity index (χ0n) is 23.3. The molecular weight excluding hydrogens is 550 g/mol. The summed E-state index contributed by atoms with van der Waals surface area (Å²) in [7, 11) is 4.11. The number of pyridine rings is 3. The van der Waals surface area contributed by atoms with E-state index in [9.17, 15) is 9.59 Å². The van der Waals surface area contributed by atoms with E-state index >= 15 is 0 Å². The van der Waals surface area contributed by atoms with E-state index in [0.29, 0.717) is 17.4 Å². The number of amides is 1. The molecule has 42 heavy (non-hydrogen) atoms. The number of hydrazine groups is 1. The first kappa shape index (κ1) is 28.6. The van der Waals surface area contributed by atoms with Gasteiger partial charge in [-0.2, -0.15) is 0 Å². The summed E-state index contributed by atoms with van der Waals surface area (Å²) in [5.74, 6) is 5.43. The fraction of sp³-hybridized carbons (Fsp3) is 0.188. The molecule has 0 bridgehead atoms. The molecule has 1 aliphatic heterocycles. The van der Waals surface area contributed by atoms with Crippen LogP contribution in [-0.4, -0.2) is 51.0 Å². The average molecular weight is 580 g/mol. The van der Waals surface area contributed by atoms with Gasteiger partial charge in [0.1, 0.15) is 16.4 Å². The van der Waals surface area contributed by atoms with Crippen LogP contribution in [0, 0.1) is 11.8 Å². The van der Waals surface area contributed by atoms with Crippen molar-refractivity contribution >= 4 is 29.3 Å². The predicted molar refractivity (Wildman–Crippen MR) is 165 cm³/mol. The van der Waals surface area contributed by atoms with Gasteiger partial charge in [-0.1, -0.05) is 35.7 Å². The van der Waals surface area contributed by atoms with Crippen LogP contribution in [0.4, 0.5) is 5.69 Å². The molecule has 0 saturated carbocycles. The van der Waals surface area contributed by atoms with Crippen molar-refractivity contribution in [2.75, 3.05) is 26.1 Å². The molecule has 0 aliphatic carbocycles. The number of fused-ring (bicyclic) bond motifs is 1. The topological polar surface area (TPSA) is 95.4 Å². The standard InChI is InChI=1S/C32H30ClN7O2/c1-38(2)20-23-7-10-27(11-8-23)37-40-16-13-25-17-28(35-19-26(25)22-40)5-3-14-34-31(41)29-6-4-15-39(32(29)42)21-24-9-12-30(33)36-18-24/h4,6-13,15-19,37H,14,20-22H2,1-2H3,(H,34,41). The Labute approximate surface area is 249 Å². The van der Waals surface area contributed by atoms with Crippen molar-refractivity contribution in [2.45, 2.75) is 19.6 Å². The third-order valence-electron chi connectivity index (χ3n) is 6.48. The second kappa shape index (κ2) is 13.2. The highest BCUT2D eigenvalue weighted by Gasteiger charge is 2.13. The molecule has 10 heteroatoms. The van der Waals surface area contributed by atoms with Gasteiger partial charge in [-0.15, -0.1) is 0 Å². The number of hydrogen-bond donors (Lipinski definition) is 2. The van der Waals surface area contributed by atoms with E-state index in [1.165, 1.54) is 16.2 Å². The maximum Gasteiger partial charge on any atom is 0.263 e. The largest absolute Gasteiger partial charge is 0.341 e. The number of benzene rings is 1. The number of hydrogen-bond acceptors (Lipinski definition) is 7. The molecule has 0 unspecified atom stereocenters. The number of nitrogens with one attached hydrogen (secondary N) is 2. The fourth-order valence-electron chi connectivity index (χ4n) is 4.44. The molecule has 1 aromatic carbocycles. The van der Waals surface area contributed by atoms with Gasteiger partial charge in [0.05, 0.1) is 25.3 Å². The van der Waals surface area contributed by atoms with Gasteiger partial charge >= 0.3 is 0 Å². The van der Waals surface area contributed by atoms with Crippen LogP contribution < -0.4 is 16.3 Å². The Kier molecular flexibility index (Phi) is 8.97. The summed E-state index contributed by atoms with van der Waals surface area (Å²) in [6.07, 6.45) is 9.05. The molecule has 212 valence electrons. The summed E-state index contributed by atoms with van der Waals surface area (Å²) in [4.78, 5) is 36.2. The van der Waals surface area contributed by atoms with Crippen molar-refractivity contribution in [3.05, 3.63) is 128 Å². The lowest BCUT2D eigenvalue weighted by molar-refractivity contribution is 0.0956. The van der Waals surface area contributed by atoms with Crippen molar-refractivity contribution in [2.24, 2.45) is 0 Å². The summed E-state index contributed by atoms with van der Waals surface area (Å²) >= 11 is 5.83. The highest BCUT2D eigenvalue weighted by atomic mass is 35.5. The minimum atomic E-state index is -0.487. The number of rotatable bonds is 8. The number of carbonyl (C=O) groups is 1. The van der Waals surface area contributed by atoms with Gasteiger partial charge in [0, 0.05) is 31.3 Å². The third-order valence-corrected chi connectivity index (χ3v) is 6.71. The first-order valence-corrected chi connectivity index (χ1v) is 13.7. The smallest absolute Gasteiger partial charge is 0.263 e. The van der Waals surface area contributed by atoms with Crippen LogP contribution in [0.5, 0.6) is 0 Å². The molecule has 0 radical (unpaired) electrons. The molecule has 4 heterocycles. The molecule has 9 nitrogen and oxygen atoms in total. The molecule has 5 rings (SSSR count). The number of aromatic nitrogens is 3. The molecule has 0 atom stereocenters. The SMILES string of the molecule is CN(C)Cc1ccc(NN2C=Cc3cc(C#CCNC(=O)c4cccn(Cc5ccc(Cl)nc5)c4=O)ncc3C2)cc1. The number of carbonyl (C=O) groups excluding carboxylic acids is 1. The minimum Gasteiger partial charge on any atom is -0.341 e. The Bertz CT molecular complexity index is 1720. The fourth-order valence-corrected chi connectivity index (χ4v) is 4.55. The normalized spacial score (nSPS) is 12.0. The quantitative estimate of drug-likeness (QED) is 0.241. The van der Waals surface area contributed by atoms with Crippen LogP contribution in [0.1, 0.15) is 38.3 Å². The van der Waals surface area contributed by atoms with Crippen LogP contribution >= 0.6 is 11.6 Å². The zero-order chi connectivity index (χ0) is 29.5. The van der Waals surface area contributed by atoms with Crippen molar-refractivity contribution < 1.29 is 4.79 Å². The summed E-state index contributed by atoms with van der Waals surface area (Å²) in [5.41, 5.74) is 8.84. The zero-order valence-corrected chi connectivity index (χ0v) is 24.1. The molecule has 3 aromatic heterocycles. The highest BCUT2D eigenvalue weighted by Crippen LogP contribution is 2.21. The van der Waals surface area contributed by atoms with Gasteiger partial charge < -0.3 is 14.8 Å². The van der Waals surface area contributed by atoms with Crippen molar-refractivity contribution in [1.82, 2.24) is 29.8 Å². The molecule has 1 aliphatic rings. The second-order valence-corrected chi connectivity index (χ2v) is 10.5. The van der Waals surface area contributed by atoms with Crippen LogP contribution in [0.25, 0.3) is 6.08 Å². The minimum absolute atomic E-state index is 0.0425. The number of halogens is 1. The first-order valence-electron chi connectivity index (χ1n) is 13.3. The van der Waals surface area contributed by atoms with Gasteiger partial charge in [-0.05, 0) is 84.7 Å². The van der Waals surface area contributed by atoms with Crippen LogP contribution in [0.2, 0.25) is 5.15 Å². The molecule has 0 spiro atoms. The summed E-state index contributed by atoms with van der Waals surface area (Å²) < 4.78 is 1.45. The lowest BCUT2D eigenvalue weighted by Gasteiger charge is -2.26.